The predicted octanol–water partition coefficient (Wildman–Crippen LogP) is 5.48. The lowest BCUT2D eigenvalue weighted by Crippen LogP contribution is -2.50. The number of fused-ring (bicyclic) bond motifs is 1. The van der Waals surface area contributed by atoms with Crippen molar-refractivity contribution in [1.82, 2.24) is 9.29 Å². The number of aromatic nitrogens is 1. The fourth-order valence-corrected chi connectivity index (χ4v) is 6.75. The average Bonchev–Trinajstić information content (AvgIpc) is 3.27. The first-order chi connectivity index (χ1) is 17.2. The van der Waals surface area contributed by atoms with Crippen LogP contribution in [0.2, 0.25) is 0 Å². The van der Waals surface area contributed by atoms with E-state index >= 15 is 0 Å². The fourth-order valence-electron chi connectivity index (χ4n) is 5.26. The van der Waals surface area contributed by atoms with Gasteiger partial charge in [0.25, 0.3) is 0 Å². The fraction of sp³-hybridized carbons (Fsp3) is 0.200. The molecule has 1 aromatic heterocycles. The van der Waals surface area contributed by atoms with Crippen LogP contribution in [0.4, 0.5) is 0 Å². The van der Waals surface area contributed by atoms with E-state index in [4.69, 9.17) is 0 Å². The molecule has 4 aromatic rings. The number of aromatic amines is 1. The number of nitrogens with zero attached hydrogens (tertiary/aromatic N) is 1. The van der Waals surface area contributed by atoms with Crippen LogP contribution in [-0.2, 0) is 22.0 Å². The van der Waals surface area contributed by atoms with Crippen LogP contribution >= 0.6 is 0 Å². The first-order valence-electron chi connectivity index (χ1n) is 12.0. The number of aryl methyl sites for hydroxylation is 1. The van der Waals surface area contributed by atoms with Crippen LogP contribution in [0.15, 0.2) is 113 Å². The highest BCUT2D eigenvalue weighted by Crippen LogP contribution is 2.42. The number of benzene rings is 3. The summed E-state index contributed by atoms with van der Waals surface area (Å²) in [7, 11) is -3.81. The molecule has 2 N–H and O–H groups in total. The van der Waals surface area contributed by atoms with Gasteiger partial charge in [0, 0.05) is 23.6 Å². The number of hydrogen-bond donors (Lipinski definition) is 2. The lowest BCUT2D eigenvalue weighted by molar-refractivity contribution is 0.0485. The quantitative estimate of drug-likeness (QED) is 0.370. The molecule has 0 aliphatic carbocycles. The molecule has 1 atom stereocenters. The minimum atomic E-state index is -3.81. The Hall–Kier alpha value is -3.45. The van der Waals surface area contributed by atoms with Crippen molar-refractivity contribution in [2.75, 3.05) is 13.1 Å². The molecule has 0 fully saturated rings. The first-order valence-corrected chi connectivity index (χ1v) is 13.4. The van der Waals surface area contributed by atoms with Crippen LogP contribution < -0.4 is 0 Å². The molecule has 0 amide bonds. The largest absolute Gasteiger partial charge is 0.379 e. The Balaban J connectivity index is 1.57. The van der Waals surface area contributed by atoms with Crippen molar-refractivity contribution in [1.29, 1.82) is 0 Å². The van der Waals surface area contributed by atoms with E-state index in [-0.39, 0.29) is 18.0 Å². The predicted molar refractivity (Wildman–Crippen MR) is 144 cm³/mol. The third-order valence-electron chi connectivity index (χ3n) is 7.00. The van der Waals surface area contributed by atoms with Gasteiger partial charge in [-0.3, -0.25) is 0 Å². The van der Waals surface area contributed by atoms with Crippen molar-refractivity contribution < 1.29 is 13.5 Å². The van der Waals surface area contributed by atoms with Crippen LogP contribution in [0.1, 0.15) is 23.6 Å². The summed E-state index contributed by atoms with van der Waals surface area (Å²) in [4.78, 5) is 3.52. The highest BCUT2D eigenvalue weighted by atomic mass is 32.2. The Morgan fingerprint density at radius 1 is 1.00 bits per heavy atom. The lowest BCUT2D eigenvalue weighted by atomic mass is 9.76. The maximum Gasteiger partial charge on any atom is 0.243 e. The number of aliphatic hydroxyl groups is 1. The van der Waals surface area contributed by atoms with Gasteiger partial charge in [0.2, 0.25) is 10.0 Å². The second-order valence-electron chi connectivity index (χ2n) is 9.61. The van der Waals surface area contributed by atoms with Crippen molar-refractivity contribution in [3.63, 3.8) is 0 Å². The third-order valence-corrected chi connectivity index (χ3v) is 8.81. The molecule has 0 saturated carbocycles. The van der Waals surface area contributed by atoms with E-state index in [1.54, 1.807) is 24.3 Å². The van der Waals surface area contributed by atoms with E-state index < -0.39 is 15.6 Å². The average molecular weight is 499 g/mol. The molecule has 36 heavy (non-hydrogen) atoms. The molecule has 0 bridgehead atoms. The summed E-state index contributed by atoms with van der Waals surface area (Å²) in [5.74, 6) is 0. The number of rotatable bonds is 6. The SMILES string of the molecule is C=C(Cc1c[nH]c2ccccc12)C1=C(C)CN(S(=O)(=O)c2ccc(C)cc2)C[C@]1(O)c1ccccc1. The minimum Gasteiger partial charge on any atom is -0.379 e. The van der Waals surface area contributed by atoms with E-state index in [0.717, 1.165) is 33.2 Å². The topological polar surface area (TPSA) is 73.4 Å². The van der Waals surface area contributed by atoms with Gasteiger partial charge in [-0.1, -0.05) is 78.4 Å². The number of H-pyrrole nitrogens is 1. The van der Waals surface area contributed by atoms with Crippen LogP contribution in [0, 0.1) is 6.92 Å². The molecule has 5 rings (SSSR count). The van der Waals surface area contributed by atoms with Crippen LogP contribution in [0.5, 0.6) is 0 Å². The molecular weight excluding hydrogens is 468 g/mol. The molecule has 1 aliphatic heterocycles. The van der Waals surface area contributed by atoms with Gasteiger partial charge >= 0.3 is 0 Å². The number of β-amino-alcohol motifs (C(OH)–C–C–N with tert-alkyl or cyclic N) is 1. The van der Waals surface area contributed by atoms with Gasteiger partial charge in [0.15, 0.2) is 0 Å². The van der Waals surface area contributed by atoms with Crippen molar-refractivity contribution in [2.45, 2.75) is 30.8 Å². The molecule has 0 radical (unpaired) electrons. The smallest absolute Gasteiger partial charge is 0.243 e. The third kappa shape index (κ3) is 4.22. The summed E-state index contributed by atoms with van der Waals surface area (Å²) in [6.45, 7) is 8.29. The highest BCUT2D eigenvalue weighted by Gasteiger charge is 2.45. The van der Waals surface area contributed by atoms with Gasteiger partial charge in [-0.15, -0.1) is 0 Å². The summed E-state index contributed by atoms with van der Waals surface area (Å²) in [5.41, 5.74) is 4.48. The Labute approximate surface area is 212 Å². The highest BCUT2D eigenvalue weighted by molar-refractivity contribution is 7.89. The molecule has 0 unspecified atom stereocenters. The summed E-state index contributed by atoms with van der Waals surface area (Å²) in [6.07, 6.45) is 2.51. The van der Waals surface area contributed by atoms with Gasteiger partial charge in [-0.25, -0.2) is 8.42 Å². The Bertz CT molecular complexity index is 1570. The van der Waals surface area contributed by atoms with E-state index in [0.29, 0.717) is 17.6 Å². The summed E-state index contributed by atoms with van der Waals surface area (Å²) in [5, 5.41) is 13.4. The zero-order valence-corrected chi connectivity index (χ0v) is 21.3. The molecule has 6 heteroatoms. The summed E-state index contributed by atoms with van der Waals surface area (Å²) >= 11 is 0. The van der Waals surface area contributed by atoms with Crippen molar-refractivity contribution >= 4 is 20.9 Å². The van der Waals surface area contributed by atoms with Gasteiger partial charge < -0.3 is 10.1 Å². The summed E-state index contributed by atoms with van der Waals surface area (Å²) < 4.78 is 28.6. The van der Waals surface area contributed by atoms with Crippen LogP contribution in [0.25, 0.3) is 10.9 Å². The molecule has 0 saturated heterocycles. The van der Waals surface area contributed by atoms with Crippen LogP contribution in [0.3, 0.4) is 0 Å². The standard InChI is InChI=1S/C30H30N2O3S/c1-21-13-15-26(16-14-21)36(34,35)32-19-23(3)29(30(33,20-32)25-9-5-4-6-10-25)22(2)17-24-18-31-28-12-8-7-11-27(24)28/h4-16,18,31,33H,2,17,19-20H2,1,3H3/t30-/m0/s1. The number of hydrogen-bond acceptors (Lipinski definition) is 3. The van der Waals surface area contributed by atoms with Gasteiger partial charge in [0.1, 0.15) is 5.60 Å². The molecule has 1 aliphatic rings. The maximum atomic E-state index is 13.6. The monoisotopic (exact) mass is 498 g/mol. The Morgan fingerprint density at radius 3 is 2.39 bits per heavy atom. The molecule has 184 valence electrons. The maximum absolute atomic E-state index is 13.6. The summed E-state index contributed by atoms with van der Waals surface area (Å²) in [6, 6.07) is 24.2. The first kappa shape index (κ1) is 24.3. The zero-order valence-electron chi connectivity index (χ0n) is 20.5. The zero-order chi connectivity index (χ0) is 25.5. The minimum absolute atomic E-state index is 0.0905. The van der Waals surface area contributed by atoms with Crippen molar-refractivity contribution in [3.8, 4) is 0 Å². The number of sulfonamides is 1. The van der Waals surface area contributed by atoms with Gasteiger partial charge in [-0.05, 0) is 60.7 Å². The number of nitrogens with one attached hydrogen (secondary N) is 1. The van der Waals surface area contributed by atoms with Crippen LogP contribution in [-0.4, -0.2) is 35.9 Å². The van der Waals surface area contributed by atoms with Gasteiger partial charge in [-0.2, -0.15) is 4.31 Å². The second kappa shape index (κ2) is 9.21. The second-order valence-corrected chi connectivity index (χ2v) is 11.5. The normalized spacial score (nSPS) is 19.1. The molecule has 0 spiro atoms. The molecule has 2 heterocycles. The Morgan fingerprint density at radius 2 is 1.67 bits per heavy atom. The van der Waals surface area contributed by atoms with E-state index in [9.17, 15) is 13.5 Å². The van der Waals surface area contributed by atoms with E-state index in [1.165, 1.54) is 4.31 Å². The molecular formula is C30H30N2O3S. The van der Waals surface area contributed by atoms with E-state index in [2.05, 4.69) is 17.6 Å². The van der Waals surface area contributed by atoms with Crippen molar-refractivity contribution in [2.24, 2.45) is 0 Å². The lowest BCUT2D eigenvalue weighted by Gasteiger charge is -2.42. The molecule has 3 aromatic carbocycles. The Kier molecular flexibility index (Phi) is 6.20. The molecule has 5 nitrogen and oxygen atoms in total. The van der Waals surface area contributed by atoms with Crippen molar-refractivity contribution in [3.05, 3.63) is 125 Å². The van der Waals surface area contributed by atoms with E-state index in [1.807, 2.05) is 68.6 Å². The number of para-hydroxylation sites is 1. The van der Waals surface area contributed by atoms with Gasteiger partial charge in [0.05, 0.1) is 11.4 Å².